The van der Waals surface area contributed by atoms with Crippen LogP contribution in [0.25, 0.3) is 0 Å². The third kappa shape index (κ3) is 4.69. The van der Waals surface area contributed by atoms with Crippen LogP contribution in [0, 0.1) is 0 Å². The maximum absolute atomic E-state index is 12.5. The molecule has 2 aromatic carbocycles. The van der Waals surface area contributed by atoms with Crippen molar-refractivity contribution < 1.29 is 19.0 Å². The highest BCUT2D eigenvalue weighted by Gasteiger charge is 2.17. The summed E-state index contributed by atoms with van der Waals surface area (Å²) in [5.41, 5.74) is 2.92. The summed E-state index contributed by atoms with van der Waals surface area (Å²) in [6.07, 6.45) is 0.764. The average Bonchev–Trinajstić information content (AvgIpc) is 2.67. The van der Waals surface area contributed by atoms with E-state index in [0.29, 0.717) is 35.3 Å². The van der Waals surface area contributed by atoms with E-state index in [1.807, 2.05) is 0 Å². The Morgan fingerprint density at radius 2 is 1.50 bits per heavy atom. The lowest BCUT2D eigenvalue weighted by molar-refractivity contribution is 0.0950. The van der Waals surface area contributed by atoms with Gasteiger partial charge in [0.25, 0.3) is 5.91 Å². The number of carbonyl (C=O) groups is 1. The van der Waals surface area contributed by atoms with Crippen LogP contribution in [0.4, 0.5) is 0 Å². The van der Waals surface area contributed by atoms with E-state index in [1.165, 1.54) is 25.3 Å². The van der Waals surface area contributed by atoms with Crippen LogP contribution in [0.2, 0.25) is 0 Å². The largest absolute Gasteiger partial charge is 0.496 e. The number of carbonyl (C=O) groups excluding carboxylic acids is 1. The van der Waals surface area contributed by atoms with Crippen LogP contribution < -0.4 is 19.5 Å². The molecule has 140 valence electrons. The third-order valence-corrected chi connectivity index (χ3v) is 4.30. The highest BCUT2D eigenvalue weighted by atomic mass is 16.5. The molecule has 0 unspecified atom stereocenters. The van der Waals surface area contributed by atoms with Crippen LogP contribution in [0.3, 0.4) is 0 Å². The molecule has 0 aliphatic rings. The van der Waals surface area contributed by atoms with E-state index >= 15 is 0 Å². The zero-order valence-electron chi connectivity index (χ0n) is 16.1. The first-order valence-corrected chi connectivity index (χ1v) is 8.67. The maximum atomic E-state index is 12.5. The Balaban J connectivity index is 2.03. The van der Waals surface area contributed by atoms with E-state index in [9.17, 15) is 4.79 Å². The fourth-order valence-corrected chi connectivity index (χ4v) is 2.69. The fraction of sp³-hybridized carbons (Fsp3) is 0.381. The standard InChI is InChI=1S/C21H27NO4/c1-14(2)16-8-6-15(7-9-16)10-11-22-21(23)17-12-19(25-4)20(26-5)13-18(17)24-3/h6-9,12-14H,10-11H2,1-5H3,(H,22,23). The molecule has 0 atom stereocenters. The molecule has 5 heteroatoms. The van der Waals surface area contributed by atoms with Gasteiger partial charge >= 0.3 is 0 Å². The average molecular weight is 357 g/mol. The first-order valence-electron chi connectivity index (χ1n) is 8.67. The van der Waals surface area contributed by atoms with Gasteiger partial charge in [-0.2, -0.15) is 0 Å². The monoisotopic (exact) mass is 357 g/mol. The minimum atomic E-state index is -0.207. The summed E-state index contributed by atoms with van der Waals surface area (Å²) in [4.78, 5) is 12.5. The second kappa shape index (κ2) is 9.13. The van der Waals surface area contributed by atoms with Crippen LogP contribution in [0.1, 0.15) is 41.3 Å². The van der Waals surface area contributed by atoms with Gasteiger partial charge in [0.2, 0.25) is 0 Å². The molecule has 0 radical (unpaired) electrons. The van der Waals surface area contributed by atoms with E-state index < -0.39 is 0 Å². The van der Waals surface area contributed by atoms with Crippen molar-refractivity contribution in [3.63, 3.8) is 0 Å². The molecule has 5 nitrogen and oxygen atoms in total. The van der Waals surface area contributed by atoms with Crippen molar-refractivity contribution in [1.82, 2.24) is 5.32 Å². The van der Waals surface area contributed by atoms with Crippen LogP contribution in [-0.4, -0.2) is 33.8 Å². The number of ether oxygens (including phenoxy) is 3. The van der Waals surface area contributed by atoms with E-state index in [1.54, 1.807) is 19.2 Å². The number of methoxy groups -OCH3 is 3. The van der Waals surface area contributed by atoms with Crippen molar-refractivity contribution in [1.29, 1.82) is 0 Å². The first kappa shape index (κ1) is 19.6. The summed E-state index contributed by atoms with van der Waals surface area (Å²) in [7, 11) is 4.60. The van der Waals surface area contributed by atoms with Crippen molar-refractivity contribution >= 4 is 5.91 Å². The van der Waals surface area contributed by atoms with Gasteiger partial charge in [0.15, 0.2) is 11.5 Å². The lowest BCUT2D eigenvalue weighted by Gasteiger charge is -2.14. The summed E-state index contributed by atoms with van der Waals surface area (Å²) in [6.45, 7) is 4.88. The zero-order valence-corrected chi connectivity index (χ0v) is 16.1. The van der Waals surface area contributed by atoms with E-state index in [0.717, 1.165) is 6.42 Å². The lowest BCUT2D eigenvalue weighted by Crippen LogP contribution is -2.26. The molecule has 0 spiro atoms. The highest BCUT2D eigenvalue weighted by molar-refractivity contribution is 5.97. The van der Waals surface area contributed by atoms with Gasteiger partial charge in [0, 0.05) is 18.7 Å². The van der Waals surface area contributed by atoms with Crippen molar-refractivity contribution in [2.45, 2.75) is 26.2 Å². The van der Waals surface area contributed by atoms with E-state index in [2.05, 4.69) is 43.4 Å². The molecule has 0 saturated carbocycles. The quantitative estimate of drug-likeness (QED) is 0.780. The molecule has 26 heavy (non-hydrogen) atoms. The molecule has 0 aromatic heterocycles. The molecular formula is C21H27NO4. The second-order valence-corrected chi connectivity index (χ2v) is 6.31. The van der Waals surface area contributed by atoms with Crippen molar-refractivity contribution in [3.05, 3.63) is 53.1 Å². The molecular weight excluding hydrogens is 330 g/mol. The van der Waals surface area contributed by atoms with Gasteiger partial charge < -0.3 is 19.5 Å². The van der Waals surface area contributed by atoms with Crippen molar-refractivity contribution in [2.24, 2.45) is 0 Å². The topological polar surface area (TPSA) is 56.8 Å². The zero-order chi connectivity index (χ0) is 19.1. The van der Waals surface area contributed by atoms with Crippen LogP contribution in [-0.2, 0) is 6.42 Å². The smallest absolute Gasteiger partial charge is 0.255 e. The number of rotatable bonds is 8. The Morgan fingerprint density at radius 3 is 2.04 bits per heavy atom. The molecule has 0 heterocycles. The Hall–Kier alpha value is -2.69. The normalized spacial score (nSPS) is 10.5. The van der Waals surface area contributed by atoms with Gasteiger partial charge in [0.1, 0.15) is 5.75 Å². The van der Waals surface area contributed by atoms with Crippen LogP contribution in [0.15, 0.2) is 36.4 Å². The summed E-state index contributed by atoms with van der Waals surface area (Å²) in [5.74, 6) is 1.76. The Labute approximate surface area is 155 Å². The molecule has 0 bridgehead atoms. The molecule has 1 amide bonds. The summed E-state index contributed by atoms with van der Waals surface area (Å²) in [5, 5.41) is 2.93. The highest BCUT2D eigenvalue weighted by Crippen LogP contribution is 2.34. The Kier molecular flexibility index (Phi) is 6.89. The SMILES string of the molecule is COc1cc(OC)c(C(=O)NCCc2ccc(C(C)C)cc2)cc1OC. The van der Waals surface area contributed by atoms with Gasteiger partial charge in [0.05, 0.1) is 26.9 Å². The first-order chi connectivity index (χ1) is 12.5. The summed E-state index contributed by atoms with van der Waals surface area (Å²) in [6, 6.07) is 11.8. The molecule has 0 saturated heterocycles. The third-order valence-electron chi connectivity index (χ3n) is 4.30. The summed E-state index contributed by atoms with van der Waals surface area (Å²) < 4.78 is 15.8. The molecule has 2 aromatic rings. The minimum Gasteiger partial charge on any atom is -0.496 e. The lowest BCUT2D eigenvalue weighted by atomic mass is 10.0. The maximum Gasteiger partial charge on any atom is 0.255 e. The molecule has 0 aliphatic carbocycles. The number of hydrogen-bond acceptors (Lipinski definition) is 4. The van der Waals surface area contributed by atoms with E-state index in [4.69, 9.17) is 14.2 Å². The van der Waals surface area contributed by atoms with Crippen LogP contribution in [0.5, 0.6) is 17.2 Å². The predicted molar refractivity (Wildman–Crippen MR) is 103 cm³/mol. The van der Waals surface area contributed by atoms with Gasteiger partial charge in [-0.3, -0.25) is 4.79 Å². The van der Waals surface area contributed by atoms with Gasteiger partial charge in [-0.15, -0.1) is 0 Å². The number of amides is 1. The Morgan fingerprint density at radius 1 is 0.923 bits per heavy atom. The van der Waals surface area contributed by atoms with Crippen LogP contribution >= 0.6 is 0 Å². The van der Waals surface area contributed by atoms with Crippen molar-refractivity contribution in [3.8, 4) is 17.2 Å². The molecule has 0 fully saturated rings. The number of benzene rings is 2. The Bertz CT molecular complexity index is 738. The minimum absolute atomic E-state index is 0.207. The predicted octanol–water partition coefficient (Wildman–Crippen LogP) is 3.81. The second-order valence-electron chi connectivity index (χ2n) is 6.31. The molecule has 2 rings (SSSR count). The molecule has 1 N–H and O–H groups in total. The number of nitrogens with one attached hydrogen (secondary N) is 1. The van der Waals surface area contributed by atoms with Gasteiger partial charge in [-0.05, 0) is 23.5 Å². The number of hydrogen-bond donors (Lipinski definition) is 1. The van der Waals surface area contributed by atoms with Gasteiger partial charge in [-0.25, -0.2) is 0 Å². The molecule has 0 aliphatic heterocycles. The van der Waals surface area contributed by atoms with Gasteiger partial charge in [-0.1, -0.05) is 38.1 Å². The fourth-order valence-electron chi connectivity index (χ4n) is 2.69. The van der Waals surface area contributed by atoms with E-state index in [-0.39, 0.29) is 5.91 Å². The summed E-state index contributed by atoms with van der Waals surface area (Å²) >= 11 is 0. The van der Waals surface area contributed by atoms with Crippen molar-refractivity contribution in [2.75, 3.05) is 27.9 Å².